The third-order valence-electron chi connectivity index (χ3n) is 4.78. The van der Waals surface area contributed by atoms with Crippen LogP contribution < -0.4 is 4.90 Å². The molecule has 5 heteroatoms. The Balaban J connectivity index is 1.49. The number of benzene rings is 2. The van der Waals surface area contributed by atoms with Crippen LogP contribution in [0.15, 0.2) is 54.7 Å². The summed E-state index contributed by atoms with van der Waals surface area (Å²) in [6.45, 7) is 4.42. The first kappa shape index (κ1) is 16.2. The highest BCUT2D eigenvalue weighted by molar-refractivity contribution is 6.35. The van der Waals surface area contributed by atoms with Gasteiger partial charge in [-0.2, -0.15) is 0 Å². The maximum atomic E-state index is 10.6. The van der Waals surface area contributed by atoms with E-state index >= 15 is 0 Å². The van der Waals surface area contributed by atoms with Crippen molar-refractivity contribution in [2.75, 3.05) is 31.1 Å². The summed E-state index contributed by atoms with van der Waals surface area (Å²) < 4.78 is 0. The highest BCUT2D eigenvalue weighted by Gasteiger charge is 2.20. The average molecular weight is 354 g/mol. The minimum atomic E-state index is 0.340. The molecule has 0 radical (unpaired) electrons. The monoisotopic (exact) mass is 353 g/mol. The van der Waals surface area contributed by atoms with Gasteiger partial charge >= 0.3 is 0 Å². The molecule has 4 rings (SSSR count). The number of hydrogen-bond donors (Lipinski definition) is 1. The molecule has 0 bridgehead atoms. The quantitative estimate of drug-likeness (QED) is 0.774. The molecule has 0 amide bonds. The van der Waals surface area contributed by atoms with Crippen LogP contribution in [0.1, 0.15) is 5.56 Å². The number of halogens is 1. The van der Waals surface area contributed by atoms with Crippen molar-refractivity contribution < 1.29 is 5.11 Å². The van der Waals surface area contributed by atoms with Crippen LogP contribution >= 0.6 is 11.6 Å². The van der Waals surface area contributed by atoms with E-state index < -0.39 is 0 Å². The van der Waals surface area contributed by atoms with Crippen LogP contribution in [0.3, 0.4) is 0 Å². The molecule has 0 atom stereocenters. The van der Waals surface area contributed by atoms with E-state index in [1.807, 2.05) is 54.7 Å². The van der Waals surface area contributed by atoms with Gasteiger partial charge in [0.25, 0.3) is 0 Å². The van der Waals surface area contributed by atoms with E-state index in [9.17, 15) is 5.11 Å². The molecule has 1 aromatic heterocycles. The lowest BCUT2D eigenvalue weighted by Crippen LogP contribution is -2.46. The maximum Gasteiger partial charge on any atom is 0.128 e. The molecule has 0 spiro atoms. The first-order chi connectivity index (χ1) is 12.2. The van der Waals surface area contributed by atoms with Crippen molar-refractivity contribution in [3.8, 4) is 5.75 Å². The highest BCUT2D eigenvalue weighted by atomic mass is 35.5. The number of aromatic nitrogens is 1. The van der Waals surface area contributed by atoms with Crippen molar-refractivity contribution in [2.45, 2.75) is 6.54 Å². The molecule has 4 nitrogen and oxygen atoms in total. The summed E-state index contributed by atoms with van der Waals surface area (Å²) in [7, 11) is 0. The summed E-state index contributed by atoms with van der Waals surface area (Å²) >= 11 is 6.41. The number of fused-ring (bicyclic) bond motifs is 1. The summed E-state index contributed by atoms with van der Waals surface area (Å²) in [6, 6.07) is 15.6. The average Bonchev–Trinajstić information content (AvgIpc) is 2.67. The van der Waals surface area contributed by atoms with Gasteiger partial charge < -0.3 is 10.0 Å². The predicted octanol–water partition coefficient (Wildman–Crippen LogP) is 3.92. The second-order valence-corrected chi connectivity index (χ2v) is 6.77. The van der Waals surface area contributed by atoms with Crippen molar-refractivity contribution >= 4 is 28.2 Å². The molecular weight excluding hydrogens is 334 g/mol. The number of nitrogens with zero attached hydrogens (tertiary/aromatic N) is 3. The third-order valence-corrected chi connectivity index (χ3v) is 5.10. The molecule has 1 N–H and O–H groups in total. The fourth-order valence-electron chi connectivity index (χ4n) is 3.41. The van der Waals surface area contributed by atoms with Gasteiger partial charge in [0, 0.05) is 60.3 Å². The Kier molecular flexibility index (Phi) is 4.47. The van der Waals surface area contributed by atoms with Crippen molar-refractivity contribution in [1.29, 1.82) is 0 Å². The van der Waals surface area contributed by atoms with Gasteiger partial charge in [0.1, 0.15) is 11.6 Å². The molecule has 3 aromatic rings. The molecule has 0 unspecified atom stereocenters. The summed E-state index contributed by atoms with van der Waals surface area (Å²) in [6.07, 6.45) is 1.83. The van der Waals surface area contributed by atoms with Gasteiger partial charge in [0.15, 0.2) is 0 Å². The normalized spacial score (nSPS) is 15.6. The van der Waals surface area contributed by atoms with Crippen LogP contribution in [0.5, 0.6) is 5.75 Å². The lowest BCUT2D eigenvalue weighted by molar-refractivity contribution is 0.246. The van der Waals surface area contributed by atoms with Crippen LogP contribution in [-0.2, 0) is 6.54 Å². The lowest BCUT2D eigenvalue weighted by atomic mass is 10.0. The summed E-state index contributed by atoms with van der Waals surface area (Å²) in [5.74, 6) is 1.37. The molecule has 2 aromatic carbocycles. The molecule has 0 aliphatic carbocycles. The van der Waals surface area contributed by atoms with E-state index in [4.69, 9.17) is 11.6 Å². The fraction of sp³-hybridized carbons (Fsp3) is 0.250. The number of hydrogen-bond acceptors (Lipinski definition) is 4. The van der Waals surface area contributed by atoms with E-state index in [1.54, 1.807) is 0 Å². The highest BCUT2D eigenvalue weighted by Crippen LogP contribution is 2.35. The molecule has 0 saturated carbocycles. The summed E-state index contributed by atoms with van der Waals surface area (Å²) in [5, 5.41) is 13.0. The van der Waals surface area contributed by atoms with Crippen LogP contribution in [0.25, 0.3) is 10.8 Å². The lowest BCUT2D eigenvalue weighted by Gasteiger charge is -2.35. The van der Waals surface area contributed by atoms with Crippen LogP contribution in [0.2, 0.25) is 5.02 Å². The second-order valence-electron chi connectivity index (χ2n) is 6.36. The molecule has 25 heavy (non-hydrogen) atoms. The van der Waals surface area contributed by atoms with E-state index in [-0.39, 0.29) is 0 Å². The fourth-order valence-corrected chi connectivity index (χ4v) is 3.70. The molecule has 1 saturated heterocycles. The minimum Gasteiger partial charge on any atom is -0.507 e. The van der Waals surface area contributed by atoms with Gasteiger partial charge in [0.05, 0.1) is 0 Å². The number of piperazine rings is 1. The van der Waals surface area contributed by atoms with Gasteiger partial charge in [-0.3, -0.25) is 4.90 Å². The molecular formula is C20H20ClN3O. The summed E-state index contributed by atoms with van der Waals surface area (Å²) in [4.78, 5) is 9.06. The van der Waals surface area contributed by atoms with Crippen molar-refractivity contribution in [3.63, 3.8) is 0 Å². The van der Waals surface area contributed by atoms with Gasteiger partial charge in [0.2, 0.25) is 0 Å². The van der Waals surface area contributed by atoms with Gasteiger partial charge in [-0.1, -0.05) is 41.9 Å². The Labute approximate surface area is 152 Å². The van der Waals surface area contributed by atoms with Crippen LogP contribution in [0, 0.1) is 0 Å². The SMILES string of the molecule is Oc1c(CN2CCN(c3ccccn3)CC2)cc(Cl)c2ccccc12. The van der Waals surface area contributed by atoms with Crippen LogP contribution in [-0.4, -0.2) is 41.2 Å². The zero-order valence-electron chi connectivity index (χ0n) is 13.9. The van der Waals surface area contributed by atoms with E-state index in [0.29, 0.717) is 17.3 Å². The van der Waals surface area contributed by atoms with E-state index in [2.05, 4.69) is 14.8 Å². The zero-order chi connectivity index (χ0) is 17.2. The number of pyridine rings is 1. The Morgan fingerprint density at radius 3 is 2.40 bits per heavy atom. The van der Waals surface area contributed by atoms with Gasteiger partial charge in [-0.15, -0.1) is 0 Å². The number of phenolic OH excluding ortho intramolecular Hbond substituents is 1. The first-order valence-corrected chi connectivity index (χ1v) is 8.87. The van der Waals surface area contributed by atoms with Crippen molar-refractivity contribution in [3.05, 3.63) is 65.3 Å². The maximum absolute atomic E-state index is 10.6. The number of phenols is 1. The Morgan fingerprint density at radius 2 is 1.68 bits per heavy atom. The third kappa shape index (κ3) is 3.28. The Hall–Kier alpha value is -2.30. The molecule has 1 aliphatic rings. The molecule has 128 valence electrons. The Bertz CT molecular complexity index is 877. The molecule has 1 aliphatic heterocycles. The standard InChI is InChI=1S/C20H20ClN3O/c21-18-13-15(20(25)17-6-2-1-5-16(17)18)14-23-9-11-24(12-10-23)19-7-3-4-8-22-19/h1-8,13,25H,9-12,14H2. The topological polar surface area (TPSA) is 39.6 Å². The smallest absolute Gasteiger partial charge is 0.128 e. The minimum absolute atomic E-state index is 0.340. The number of rotatable bonds is 3. The predicted molar refractivity (Wildman–Crippen MR) is 102 cm³/mol. The number of anilines is 1. The van der Waals surface area contributed by atoms with Gasteiger partial charge in [-0.25, -0.2) is 4.98 Å². The van der Waals surface area contributed by atoms with Crippen molar-refractivity contribution in [2.24, 2.45) is 0 Å². The van der Waals surface area contributed by atoms with E-state index in [0.717, 1.165) is 48.3 Å². The largest absolute Gasteiger partial charge is 0.507 e. The van der Waals surface area contributed by atoms with Crippen molar-refractivity contribution in [1.82, 2.24) is 9.88 Å². The zero-order valence-corrected chi connectivity index (χ0v) is 14.7. The van der Waals surface area contributed by atoms with E-state index in [1.165, 1.54) is 0 Å². The first-order valence-electron chi connectivity index (χ1n) is 8.50. The molecule has 2 heterocycles. The van der Waals surface area contributed by atoms with Gasteiger partial charge in [-0.05, 0) is 18.2 Å². The van der Waals surface area contributed by atoms with Crippen LogP contribution in [0.4, 0.5) is 5.82 Å². The summed E-state index contributed by atoms with van der Waals surface area (Å²) in [5.41, 5.74) is 0.884. The molecule has 1 fully saturated rings. The second kappa shape index (κ2) is 6.90. The number of aromatic hydroxyl groups is 1. The Morgan fingerprint density at radius 1 is 0.960 bits per heavy atom.